The fourth-order valence-corrected chi connectivity index (χ4v) is 2.34. The van der Waals surface area contributed by atoms with E-state index in [1.165, 1.54) is 0 Å². The van der Waals surface area contributed by atoms with Gasteiger partial charge in [0.1, 0.15) is 17.8 Å². The summed E-state index contributed by atoms with van der Waals surface area (Å²) < 4.78 is 10.8. The van der Waals surface area contributed by atoms with Crippen LogP contribution < -0.4 is 5.73 Å². The summed E-state index contributed by atoms with van der Waals surface area (Å²) in [5.41, 5.74) is 8.56. The summed E-state index contributed by atoms with van der Waals surface area (Å²) >= 11 is 0. The van der Waals surface area contributed by atoms with Crippen molar-refractivity contribution in [2.24, 2.45) is 5.73 Å². The number of rotatable bonds is 5. The Kier molecular flexibility index (Phi) is 3.60. The summed E-state index contributed by atoms with van der Waals surface area (Å²) in [5.74, 6) is -1.00. The molecule has 5 nitrogen and oxygen atoms in total. The van der Waals surface area contributed by atoms with Gasteiger partial charge < -0.3 is 20.0 Å². The second-order valence-corrected chi connectivity index (χ2v) is 4.87. The first-order valence-electron chi connectivity index (χ1n) is 6.61. The van der Waals surface area contributed by atoms with E-state index >= 15 is 0 Å². The number of para-hydroxylation sites is 1. The van der Waals surface area contributed by atoms with Gasteiger partial charge in [0.2, 0.25) is 0 Å². The van der Waals surface area contributed by atoms with E-state index in [0.717, 1.165) is 27.5 Å². The lowest BCUT2D eigenvalue weighted by molar-refractivity contribution is -0.142. The van der Waals surface area contributed by atoms with Crippen molar-refractivity contribution < 1.29 is 19.1 Å². The molecule has 1 aromatic heterocycles. The molecule has 2 aromatic carbocycles. The molecule has 0 bridgehead atoms. The maximum atomic E-state index is 10.4. The molecule has 0 fully saturated rings. The molecular formula is C16H15NO4. The van der Waals surface area contributed by atoms with Gasteiger partial charge in [-0.3, -0.25) is 0 Å². The third-order valence-electron chi connectivity index (χ3n) is 3.35. The van der Waals surface area contributed by atoms with Crippen molar-refractivity contribution >= 4 is 27.9 Å². The molecule has 0 saturated heterocycles. The third kappa shape index (κ3) is 2.74. The topological polar surface area (TPSA) is 85.7 Å². The summed E-state index contributed by atoms with van der Waals surface area (Å²) in [7, 11) is 0. The van der Waals surface area contributed by atoms with Crippen LogP contribution in [0.15, 0.2) is 46.9 Å². The lowest BCUT2D eigenvalue weighted by atomic mass is 10.0. The standard InChI is InChI=1S/C16H15NO4/c17-13(8-20-9-16(18)19)10-5-6-15-12(7-10)11-3-1-2-4-14(11)21-15/h1-7,13H,8-9,17H2,(H,18,19). The Balaban J connectivity index is 1.89. The summed E-state index contributed by atoms with van der Waals surface area (Å²) in [6.45, 7) is -0.182. The minimum absolute atomic E-state index is 0.160. The molecule has 5 heteroatoms. The van der Waals surface area contributed by atoms with Crippen LogP contribution >= 0.6 is 0 Å². The summed E-state index contributed by atoms with van der Waals surface area (Å²) in [6.07, 6.45) is 0. The highest BCUT2D eigenvalue weighted by molar-refractivity contribution is 6.05. The quantitative estimate of drug-likeness (QED) is 0.752. The van der Waals surface area contributed by atoms with Crippen molar-refractivity contribution in [1.29, 1.82) is 0 Å². The zero-order valence-corrected chi connectivity index (χ0v) is 11.3. The van der Waals surface area contributed by atoms with Crippen LogP contribution in [0.5, 0.6) is 0 Å². The Bertz CT molecular complexity index is 793. The maximum Gasteiger partial charge on any atom is 0.329 e. The van der Waals surface area contributed by atoms with Gasteiger partial charge in [0.05, 0.1) is 12.6 Å². The van der Waals surface area contributed by atoms with Gasteiger partial charge in [-0.25, -0.2) is 4.79 Å². The van der Waals surface area contributed by atoms with Crippen LogP contribution in [-0.2, 0) is 9.53 Å². The summed E-state index contributed by atoms with van der Waals surface area (Å²) in [5, 5.41) is 10.6. The largest absolute Gasteiger partial charge is 0.480 e. The highest BCUT2D eigenvalue weighted by Gasteiger charge is 2.11. The number of hydrogen-bond acceptors (Lipinski definition) is 4. The number of fused-ring (bicyclic) bond motifs is 3. The van der Waals surface area contributed by atoms with Crippen molar-refractivity contribution in [3.8, 4) is 0 Å². The van der Waals surface area contributed by atoms with E-state index in [9.17, 15) is 4.79 Å². The van der Waals surface area contributed by atoms with Crippen molar-refractivity contribution in [3.63, 3.8) is 0 Å². The Morgan fingerprint density at radius 1 is 1.19 bits per heavy atom. The van der Waals surface area contributed by atoms with Crippen LogP contribution in [0.1, 0.15) is 11.6 Å². The van der Waals surface area contributed by atoms with E-state index in [4.69, 9.17) is 20.0 Å². The Morgan fingerprint density at radius 3 is 2.76 bits per heavy atom. The molecule has 0 aliphatic rings. The van der Waals surface area contributed by atoms with Gasteiger partial charge in [-0.1, -0.05) is 24.3 Å². The number of nitrogens with two attached hydrogens (primary N) is 1. The fourth-order valence-electron chi connectivity index (χ4n) is 2.34. The van der Waals surface area contributed by atoms with Crippen molar-refractivity contribution in [1.82, 2.24) is 0 Å². The van der Waals surface area contributed by atoms with Gasteiger partial charge in [-0.2, -0.15) is 0 Å². The first-order valence-corrected chi connectivity index (χ1v) is 6.61. The smallest absolute Gasteiger partial charge is 0.329 e. The first-order chi connectivity index (χ1) is 10.1. The zero-order valence-electron chi connectivity index (χ0n) is 11.3. The van der Waals surface area contributed by atoms with Crippen molar-refractivity contribution in [2.75, 3.05) is 13.2 Å². The number of carboxylic acid groups (broad SMARTS) is 1. The van der Waals surface area contributed by atoms with E-state index in [-0.39, 0.29) is 19.3 Å². The molecule has 1 unspecified atom stereocenters. The molecule has 3 N–H and O–H groups in total. The maximum absolute atomic E-state index is 10.4. The van der Waals surface area contributed by atoms with Gasteiger partial charge in [-0.15, -0.1) is 0 Å². The van der Waals surface area contributed by atoms with Gasteiger partial charge >= 0.3 is 5.97 Å². The predicted octanol–water partition coefficient (Wildman–Crippen LogP) is 2.69. The van der Waals surface area contributed by atoms with Crippen LogP contribution in [0.2, 0.25) is 0 Å². The first kappa shape index (κ1) is 13.6. The van der Waals surface area contributed by atoms with Crippen LogP contribution in [-0.4, -0.2) is 24.3 Å². The average molecular weight is 285 g/mol. The zero-order chi connectivity index (χ0) is 14.8. The molecule has 3 aromatic rings. The van der Waals surface area contributed by atoms with Crippen molar-refractivity contribution in [3.05, 3.63) is 48.0 Å². The number of furan rings is 1. The molecule has 1 atom stereocenters. The SMILES string of the molecule is NC(COCC(=O)O)c1ccc2oc3ccccc3c2c1. The number of carbonyl (C=O) groups is 1. The number of carboxylic acids is 1. The molecule has 0 aliphatic heterocycles. The molecule has 21 heavy (non-hydrogen) atoms. The highest BCUT2D eigenvalue weighted by Crippen LogP contribution is 2.30. The van der Waals surface area contributed by atoms with Crippen LogP contribution in [0.25, 0.3) is 21.9 Å². The van der Waals surface area contributed by atoms with E-state index in [1.807, 2.05) is 42.5 Å². The summed E-state index contributed by atoms with van der Waals surface area (Å²) in [6, 6.07) is 13.2. The molecular weight excluding hydrogens is 270 g/mol. The van der Waals surface area contributed by atoms with Crippen LogP contribution in [0.3, 0.4) is 0 Å². The van der Waals surface area contributed by atoms with E-state index in [2.05, 4.69) is 0 Å². The predicted molar refractivity (Wildman–Crippen MR) is 79.1 cm³/mol. The number of ether oxygens (including phenoxy) is 1. The molecule has 0 radical (unpaired) electrons. The van der Waals surface area contributed by atoms with Crippen molar-refractivity contribution in [2.45, 2.75) is 6.04 Å². The van der Waals surface area contributed by atoms with Crippen LogP contribution in [0.4, 0.5) is 0 Å². The highest BCUT2D eigenvalue weighted by atomic mass is 16.5. The molecule has 0 aliphatic carbocycles. The molecule has 0 amide bonds. The van der Waals surface area contributed by atoms with Gasteiger partial charge in [-0.05, 0) is 23.8 Å². The normalized spacial score (nSPS) is 12.8. The third-order valence-corrected chi connectivity index (χ3v) is 3.35. The summed E-state index contributed by atoms with van der Waals surface area (Å²) in [4.78, 5) is 10.4. The lowest BCUT2D eigenvalue weighted by Crippen LogP contribution is -2.19. The number of benzene rings is 2. The minimum atomic E-state index is -1.00. The van der Waals surface area contributed by atoms with Crippen LogP contribution in [0, 0.1) is 0 Å². The Morgan fingerprint density at radius 2 is 1.95 bits per heavy atom. The van der Waals surface area contributed by atoms with E-state index in [1.54, 1.807) is 0 Å². The molecule has 3 rings (SSSR count). The Hall–Kier alpha value is -2.37. The number of aliphatic carboxylic acids is 1. The second kappa shape index (κ2) is 5.55. The van der Waals surface area contributed by atoms with E-state index < -0.39 is 5.97 Å². The molecule has 1 heterocycles. The molecule has 0 spiro atoms. The minimum Gasteiger partial charge on any atom is -0.480 e. The average Bonchev–Trinajstić information content (AvgIpc) is 2.84. The number of hydrogen-bond donors (Lipinski definition) is 2. The fraction of sp³-hybridized carbons (Fsp3) is 0.188. The van der Waals surface area contributed by atoms with Gasteiger partial charge in [0.15, 0.2) is 0 Å². The molecule has 108 valence electrons. The van der Waals surface area contributed by atoms with E-state index in [0.29, 0.717) is 0 Å². The van der Waals surface area contributed by atoms with Gasteiger partial charge in [0.25, 0.3) is 0 Å². The lowest BCUT2D eigenvalue weighted by Gasteiger charge is -2.11. The Labute approximate surface area is 120 Å². The van der Waals surface area contributed by atoms with Gasteiger partial charge in [0, 0.05) is 10.8 Å². The monoisotopic (exact) mass is 285 g/mol. The molecule has 0 saturated carbocycles. The second-order valence-electron chi connectivity index (χ2n) is 4.87.